The van der Waals surface area contributed by atoms with Crippen molar-refractivity contribution in [3.8, 4) is 0 Å². The summed E-state index contributed by atoms with van der Waals surface area (Å²) >= 11 is 0. The van der Waals surface area contributed by atoms with E-state index in [0.29, 0.717) is 0 Å². The van der Waals surface area contributed by atoms with E-state index in [0.717, 1.165) is 0 Å². The van der Waals surface area contributed by atoms with Crippen molar-refractivity contribution >= 4 is 11.9 Å². The second-order valence-electron chi connectivity index (χ2n) is 3.76. The molecule has 10 heteroatoms. The lowest BCUT2D eigenvalue weighted by Gasteiger charge is -2.25. The van der Waals surface area contributed by atoms with Crippen molar-refractivity contribution in [3.63, 3.8) is 0 Å². The molecule has 10 nitrogen and oxygen atoms in total. The van der Waals surface area contributed by atoms with E-state index in [-0.39, 0.29) is 0 Å². The highest BCUT2D eigenvalue weighted by atomic mass is 16.4. The molecule has 0 saturated heterocycles. The molecular weight excluding hydrogens is 266 g/mol. The molecule has 5 atom stereocenters. The molecule has 0 bridgehead atoms. The topological polar surface area (TPSA) is 188 Å². The number of aliphatic carboxylic acids is 1. The van der Waals surface area contributed by atoms with Crippen LogP contribution < -0.4 is 5.32 Å². The summed E-state index contributed by atoms with van der Waals surface area (Å²) in [6.07, 6.45) is -8.19. The Morgan fingerprint density at radius 1 is 0.947 bits per heavy atom. The minimum Gasteiger partial charge on any atom is -0.480 e. The monoisotopic (exact) mass is 283 g/mol. The van der Waals surface area contributed by atoms with E-state index in [4.69, 9.17) is 20.4 Å². The van der Waals surface area contributed by atoms with Crippen molar-refractivity contribution in [2.75, 3.05) is 13.2 Å². The molecule has 0 aromatic rings. The van der Waals surface area contributed by atoms with Gasteiger partial charge in [0, 0.05) is 0 Å². The second kappa shape index (κ2) is 7.99. The van der Waals surface area contributed by atoms with Gasteiger partial charge in [-0.1, -0.05) is 0 Å². The summed E-state index contributed by atoms with van der Waals surface area (Å²) in [5.41, 5.74) is 0. The maximum absolute atomic E-state index is 11.3. The Balaban J connectivity index is 4.59. The lowest BCUT2D eigenvalue weighted by molar-refractivity contribution is -0.153. The minimum atomic E-state index is -2.25. The van der Waals surface area contributed by atoms with Gasteiger partial charge in [-0.25, -0.2) is 4.79 Å². The number of carbonyl (C=O) groups is 2. The third kappa shape index (κ3) is 5.06. The van der Waals surface area contributed by atoms with E-state index in [2.05, 4.69) is 0 Å². The van der Waals surface area contributed by atoms with E-state index in [1.54, 1.807) is 5.32 Å². The molecule has 0 aliphatic heterocycles. The van der Waals surface area contributed by atoms with Gasteiger partial charge in [0.15, 0.2) is 6.10 Å². The molecule has 0 unspecified atom stereocenters. The molecule has 8 N–H and O–H groups in total. The van der Waals surface area contributed by atoms with Crippen LogP contribution in [0.25, 0.3) is 0 Å². The van der Waals surface area contributed by atoms with Gasteiger partial charge in [-0.15, -0.1) is 0 Å². The fraction of sp³-hybridized carbons (Fsp3) is 0.778. The number of nitrogens with one attached hydrogen (secondary N) is 1. The Hall–Kier alpha value is -1.30. The molecule has 0 aliphatic carbocycles. The average molecular weight is 283 g/mol. The van der Waals surface area contributed by atoms with Gasteiger partial charge in [0.25, 0.3) is 5.91 Å². The Labute approximate surface area is 107 Å². The largest absolute Gasteiger partial charge is 0.480 e. The summed E-state index contributed by atoms with van der Waals surface area (Å²) < 4.78 is 0. The maximum atomic E-state index is 11.3. The van der Waals surface area contributed by atoms with Gasteiger partial charge in [0.1, 0.15) is 24.4 Å². The number of carboxylic acids is 1. The van der Waals surface area contributed by atoms with Crippen LogP contribution in [0, 0.1) is 0 Å². The van der Waals surface area contributed by atoms with E-state index in [1.165, 1.54) is 0 Å². The molecule has 112 valence electrons. The van der Waals surface area contributed by atoms with Gasteiger partial charge < -0.3 is 41.1 Å². The highest BCUT2D eigenvalue weighted by Gasteiger charge is 2.35. The standard InChI is InChI=1S/C9H17NO9/c11-1-3(9(18)19)10-8(17)7(16)6(15)5(14)4(13)2-12/h3-7,11-16H,1-2H2,(H,10,17)(H,18,19)/t3-,4+,5-,6-,7+/m0/s1. The third-order valence-electron chi connectivity index (χ3n) is 2.32. The molecule has 0 heterocycles. The second-order valence-corrected chi connectivity index (χ2v) is 3.76. The lowest BCUT2D eigenvalue weighted by atomic mass is 10.0. The van der Waals surface area contributed by atoms with Crippen LogP contribution in [-0.2, 0) is 9.59 Å². The van der Waals surface area contributed by atoms with E-state index in [9.17, 15) is 24.9 Å². The molecule has 0 saturated carbocycles. The number of carbonyl (C=O) groups excluding carboxylic acids is 1. The summed E-state index contributed by atoms with van der Waals surface area (Å²) in [6, 6.07) is -1.69. The third-order valence-corrected chi connectivity index (χ3v) is 2.32. The summed E-state index contributed by atoms with van der Waals surface area (Å²) in [4.78, 5) is 21.8. The van der Waals surface area contributed by atoms with Crippen LogP contribution in [-0.4, -0.2) is 91.3 Å². The molecule has 0 rings (SSSR count). The molecule has 19 heavy (non-hydrogen) atoms. The summed E-state index contributed by atoms with van der Waals surface area (Å²) in [5, 5.41) is 64.3. The maximum Gasteiger partial charge on any atom is 0.328 e. The van der Waals surface area contributed by atoms with Gasteiger partial charge in [0.05, 0.1) is 13.2 Å². The predicted molar refractivity (Wildman–Crippen MR) is 57.8 cm³/mol. The van der Waals surface area contributed by atoms with Gasteiger partial charge in [0.2, 0.25) is 0 Å². The van der Waals surface area contributed by atoms with E-state index in [1.807, 2.05) is 0 Å². The first-order valence-corrected chi connectivity index (χ1v) is 5.23. The molecule has 1 amide bonds. The Bertz CT molecular complexity index is 310. The van der Waals surface area contributed by atoms with Gasteiger partial charge in [-0.2, -0.15) is 0 Å². The SMILES string of the molecule is O=C(O)[C@H](CO)NC(=O)[C@H](O)[C@@H](O)[C@@H](O)[C@H](O)CO. The molecule has 0 aromatic heterocycles. The number of aliphatic hydroxyl groups is 6. The van der Waals surface area contributed by atoms with Crippen LogP contribution in [0.15, 0.2) is 0 Å². The Morgan fingerprint density at radius 3 is 1.84 bits per heavy atom. The number of rotatable bonds is 8. The number of carboxylic acid groups (broad SMARTS) is 1. The van der Waals surface area contributed by atoms with Gasteiger partial charge >= 0.3 is 5.97 Å². The first-order chi connectivity index (χ1) is 8.76. The van der Waals surface area contributed by atoms with E-state index >= 15 is 0 Å². The fourth-order valence-electron chi connectivity index (χ4n) is 1.12. The fourth-order valence-corrected chi connectivity index (χ4v) is 1.12. The Kier molecular flexibility index (Phi) is 7.44. The van der Waals surface area contributed by atoms with Crippen molar-refractivity contribution < 1.29 is 45.3 Å². The highest BCUT2D eigenvalue weighted by Crippen LogP contribution is 2.05. The van der Waals surface area contributed by atoms with Crippen LogP contribution in [0.5, 0.6) is 0 Å². The number of aliphatic hydroxyl groups excluding tert-OH is 6. The molecule has 0 spiro atoms. The zero-order valence-electron chi connectivity index (χ0n) is 9.75. The zero-order chi connectivity index (χ0) is 15.2. The minimum absolute atomic E-state index is 0.916. The molecule has 0 aromatic carbocycles. The quantitative estimate of drug-likeness (QED) is 0.215. The summed E-state index contributed by atoms with van der Waals surface area (Å²) in [7, 11) is 0. The number of amides is 1. The predicted octanol–water partition coefficient (Wildman–Crippen LogP) is -5.02. The highest BCUT2D eigenvalue weighted by molar-refractivity contribution is 5.86. The van der Waals surface area contributed by atoms with Crippen LogP contribution in [0.2, 0.25) is 0 Å². The van der Waals surface area contributed by atoms with Crippen molar-refractivity contribution in [1.29, 1.82) is 0 Å². The van der Waals surface area contributed by atoms with Crippen molar-refractivity contribution in [2.45, 2.75) is 30.5 Å². The van der Waals surface area contributed by atoms with Gasteiger partial charge in [-0.3, -0.25) is 4.79 Å². The number of hydrogen-bond donors (Lipinski definition) is 8. The smallest absolute Gasteiger partial charge is 0.328 e. The van der Waals surface area contributed by atoms with Gasteiger partial charge in [-0.05, 0) is 0 Å². The first kappa shape index (κ1) is 17.7. The molecular formula is C9H17NO9. The molecule has 0 fully saturated rings. The summed E-state index contributed by atoms with van der Waals surface area (Å²) in [6.45, 7) is -1.85. The normalized spacial score (nSPS) is 19.1. The van der Waals surface area contributed by atoms with Crippen LogP contribution >= 0.6 is 0 Å². The van der Waals surface area contributed by atoms with Crippen LogP contribution in [0.4, 0.5) is 0 Å². The van der Waals surface area contributed by atoms with Crippen molar-refractivity contribution in [2.24, 2.45) is 0 Å². The molecule has 0 aliphatic rings. The number of hydrogen-bond acceptors (Lipinski definition) is 8. The van der Waals surface area contributed by atoms with Crippen molar-refractivity contribution in [3.05, 3.63) is 0 Å². The van der Waals surface area contributed by atoms with Crippen LogP contribution in [0.3, 0.4) is 0 Å². The van der Waals surface area contributed by atoms with Crippen molar-refractivity contribution in [1.82, 2.24) is 5.32 Å². The van der Waals surface area contributed by atoms with E-state index < -0.39 is 55.5 Å². The summed E-state index contributed by atoms with van der Waals surface area (Å²) in [5.74, 6) is -2.92. The molecule has 0 radical (unpaired) electrons. The first-order valence-electron chi connectivity index (χ1n) is 5.23. The lowest BCUT2D eigenvalue weighted by Crippen LogP contribution is -2.55. The van der Waals surface area contributed by atoms with Crippen LogP contribution in [0.1, 0.15) is 0 Å². The zero-order valence-corrected chi connectivity index (χ0v) is 9.75. The average Bonchev–Trinajstić information content (AvgIpc) is 2.40. The Morgan fingerprint density at radius 2 is 1.47 bits per heavy atom.